The molecule has 2 heterocycles. The molecule has 8 nitrogen and oxygen atoms in total. The molecule has 0 radical (unpaired) electrons. The van der Waals surface area contributed by atoms with Crippen molar-refractivity contribution in [2.45, 2.75) is 13.0 Å². The second-order valence-electron chi connectivity index (χ2n) is 4.84. The van der Waals surface area contributed by atoms with Crippen molar-refractivity contribution >= 4 is 17.8 Å². The van der Waals surface area contributed by atoms with E-state index in [0.29, 0.717) is 37.6 Å². The van der Waals surface area contributed by atoms with Crippen molar-refractivity contribution in [2.24, 2.45) is 0 Å². The van der Waals surface area contributed by atoms with Crippen LogP contribution in [0.1, 0.15) is 6.92 Å². The molecule has 112 valence electrons. The molecule has 0 amide bonds. The molecule has 1 aromatic rings. The smallest absolute Gasteiger partial charge is 0.232 e. The largest absolute Gasteiger partial charge is 0.392 e. The van der Waals surface area contributed by atoms with E-state index in [1.54, 1.807) is 14.0 Å². The molecule has 0 spiro atoms. The van der Waals surface area contributed by atoms with Crippen molar-refractivity contribution in [2.75, 3.05) is 62.1 Å². The third kappa shape index (κ3) is 3.67. The first-order valence-corrected chi connectivity index (χ1v) is 6.76. The lowest BCUT2D eigenvalue weighted by molar-refractivity contribution is 0.122. The van der Waals surface area contributed by atoms with Gasteiger partial charge in [-0.25, -0.2) is 0 Å². The monoisotopic (exact) mass is 282 g/mol. The van der Waals surface area contributed by atoms with E-state index in [4.69, 9.17) is 4.74 Å². The molecule has 1 aliphatic rings. The number of aliphatic hydroxyl groups excluding tert-OH is 1. The minimum Gasteiger partial charge on any atom is -0.392 e. The molecule has 1 aliphatic heterocycles. The quantitative estimate of drug-likeness (QED) is 0.752. The Hall–Kier alpha value is -1.67. The number of ether oxygens (including phenoxy) is 1. The maximum Gasteiger partial charge on any atom is 0.232 e. The first-order chi connectivity index (χ1) is 9.60. The molecule has 1 fully saturated rings. The lowest BCUT2D eigenvalue weighted by Gasteiger charge is -2.28. The number of anilines is 3. The minimum absolute atomic E-state index is 0.443. The third-order valence-electron chi connectivity index (χ3n) is 3.01. The molecule has 20 heavy (non-hydrogen) atoms. The lowest BCUT2D eigenvalue weighted by Crippen LogP contribution is -2.38. The Kier molecular flexibility index (Phi) is 4.91. The number of hydrogen-bond acceptors (Lipinski definition) is 8. The van der Waals surface area contributed by atoms with Crippen LogP contribution in [-0.2, 0) is 4.74 Å². The lowest BCUT2D eigenvalue weighted by atomic mass is 10.4. The maximum atomic E-state index is 9.47. The average molecular weight is 282 g/mol. The first kappa shape index (κ1) is 14.7. The molecule has 0 saturated carbocycles. The highest BCUT2D eigenvalue weighted by Gasteiger charge is 2.18. The van der Waals surface area contributed by atoms with Crippen molar-refractivity contribution < 1.29 is 9.84 Å². The third-order valence-corrected chi connectivity index (χ3v) is 3.01. The van der Waals surface area contributed by atoms with Crippen molar-refractivity contribution in [3.63, 3.8) is 0 Å². The Morgan fingerprint density at radius 3 is 2.65 bits per heavy atom. The number of nitrogens with one attached hydrogen (secondary N) is 1. The Morgan fingerprint density at radius 2 is 2.05 bits per heavy atom. The van der Waals surface area contributed by atoms with Crippen molar-refractivity contribution in [1.82, 2.24) is 15.0 Å². The predicted octanol–water partition coefficient (Wildman–Crippen LogP) is -0.433. The normalized spacial score (nSPS) is 16.9. The molecule has 0 aromatic carbocycles. The molecule has 8 heteroatoms. The topological polar surface area (TPSA) is 86.6 Å². The summed E-state index contributed by atoms with van der Waals surface area (Å²) in [5.74, 6) is 1.71. The highest BCUT2D eigenvalue weighted by atomic mass is 16.5. The molecule has 2 N–H and O–H groups in total. The Labute approximate surface area is 118 Å². The van der Waals surface area contributed by atoms with Gasteiger partial charge in [-0.3, -0.25) is 0 Å². The predicted molar refractivity (Wildman–Crippen MR) is 77.4 cm³/mol. The fourth-order valence-corrected chi connectivity index (χ4v) is 2.02. The van der Waals surface area contributed by atoms with Gasteiger partial charge in [-0.2, -0.15) is 15.0 Å². The average Bonchev–Trinajstić information content (AvgIpc) is 2.47. The highest BCUT2D eigenvalue weighted by molar-refractivity contribution is 5.44. The minimum atomic E-state index is -0.443. The standard InChI is InChI=1S/C12H22N6O2/c1-9(19)8-17(3)11-14-10(13-2)15-12(16-11)18-4-6-20-7-5-18/h9,19H,4-8H2,1-3H3,(H,13,14,15,16). The van der Waals surface area contributed by atoms with Gasteiger partial charge in [-0.1, -0.05) is 0 Å². The molecule has 2 rings (SSSR count). The van der Waals surface area contributed by atoms with Crippen LogP contribution < -0.4 is 15.1 Å². The molecule has 1 atom stereocenters. The van der Waals surface area contributed by atoms with Crippen LogP contribution in [-0.4, -0.2) is 73.1 Å². The van der Waals surface area contributed by atoms with Gasteiger partial charge in [0.05, 0.1) is 19.3 Å². The molecule has 0 aliphatic carbocycles. The zero-order valence-corrected chi connectivity index (χ0v) is 12.2. The summed E-state index contributed by atoms with van der Waals surface area (Å²) in [7, 11) is 3.63. The van der Waals surface area contributed by atoms with E-state index in [9.17, 15) is 5.11 Å². The number of aromatic nitrogens is 3. The number of rotatable bonds is 5. The van der Waals surface area contributed by atoms with Crippen LogP contribution in [0, 0.1) is 0 Å². The Morgan fingerprint density at radius 1 is 1.35 bits per heavy atom. The SMILES string of the molecule is CNc1nc(N(C)CC(C)O)nc(N2CCOCC2)n1. The number of likely N-dealkylation sites (N-methyl/N-ethyl adjacent to an activating group) is 1. The van der Waals surface area contributed by atoms with Gasteiger partial charge in [0.15, 0.2) is 0 Å². The van der Waals surface area contributed by atoms with Gasteiger partial charge in [-0.05, 0) is 6.92 Å². The van der Waals surface area contributed by atoms with E-state index >= 15 is 0 Å². The van der Waals surface area contributed by atoms with Gasteiger partial charge in [0.2, 0.25) is 17.8 Å². The second-order valence-corrected chi connectivity index (χ2v) is 4.84. The van der Waals surface area contributed by atoms with E-state index in [1.165, 1.54) is 0 Å². The van der Waals surface area contributed by atoms with Crippen LogP contribution in [0.2, 0.25) is 0 Å². The molecular weight excluding hydrogens is 260 g/mol. The number of nitrogens with zero attached hydrogens (tertiary/aromatic N) is 5. The Bertz CT molecular complexity index is 436. The highest BCUT2D eigenvalue weighted by Crippen LogP contribution is 2.16. The molecule has 1 saturated heterocycles. The number of aliphatic hydroxyl groups is 1. The summed E-state index contributed by atoms with van der Waals surface area (Å²) in [5.41, 5.74) is 0. The van der Waals surface area contributed by atoms with Crippen molar-refractivity contribution in [1.29, 1.82) is 0 Å². The van der Waals surface area contributed by atoms with Crippen LogP contribution in [0.4, 0.5) is 17.8 Å². The van der Waals surface area contributed by atoms with E-state index < -0.39 is 6.10 Å². The summed E-state index contributed by atoms with van der Waals surface area (Å²) in [5, 5.41) is 12.4. The van der Waals surface area contributed by atoms with Gasteiger partial charge >= 0.3 is 0 Å². The summed E-state index contributed by atoms with van der Waals surface area (Å²) >= 11 is 0. The van der Waals surface area contributed by atoms with Gasteiger partial charge < -0.3 is 25.0 Å². The van der Waals surface area contributed by atoms with Crippen LogP contribution >= 0.6 is 0 Å². The molecule has 0 bridgehead atoms. The second kappa shape index (κ2) is 6.67. The fraction of sp³-hybridized carbons (Fsp3) is 0.750. The van der Waals surface area contributed by atoms with Crippen molar-refractivity contribution in [3.05, 3.63) is 0 Å². The summed E-state index contributed by atoms with van der Waals surface area (Å²) in [6.07, 6.45) is -0.443. The van der Waals surface area contributed by atoms with Gasteiger partial charge in [0.1, 0.15) is 0 Å². The van der Waals surface area contributed by atoms with E-state index in [0.717, 1.165) is 13.1 Å². The van der Waals surface area contributed by atoms with Crippen LogP contribution in [0.15, 0.2) is 0 Å². The number of morpholine rings is 1. The molecule has 1 aromatic heterocycles. The van der Waals surface area contributed by atoms with Crippen LogP contribution in [0.25, 0.3) is 0 Å². The van der Waals surface area contributed by atoms with Crippen molar-refractivity contribution in [3.8, 4) is 0 Å². The summed E-state index contributed by atoms with van der Waals surface area (Å²) < 4.78 is 5.34. The molecular formula is C12H22N6O2. The van der Waals surface area contributed by atoms with Gasteiger partial charge in [0, 0.05) is 33.7 Å². The van der Waals surface area contributed by atoms with Crippen LogP contribution in [0.5, 0.6) is 0 Å². The Balaban J connectivity index is 2.23. The summed E-state index contributed by atoms with van der Waals surface area (Å²) in [6.45, 7) is 5.10. The maximum absolute atomic E-state index is 9.47. The van der Waals surface area contributed by atoms with Crippen LogP contribution in [0.3, 0.4) is 0 Å². The summed E-state index contributed by atoms with van der Waals surface area (Å²) in [4.78, 5) is 17.1. The zero-order chi connectivity index (χ0) is 14.5. The number of hydrogen-bond donors (Lipinski definition) is 2. The zero-order valence-electron chi connectivity index (χ0n) is 12.2. The van der Waals surface area contributed by atoms with Gasteiger partial charge in [0.25, 0.3) is 0 Å². The summed E-state index contributed by atoms with van der Waals surface area (Å²) in [6, 6.07) is 0. The fourth-order valence-electron chi connectivity index (χ4n) is 2.02. The van der Waals surface area contributed by atoms with E-state index in [2.05, 4.69) is 25.2 Å². The van der Waals surface area contributed by atoms with Gasteiger partial charge in [-0.15, -0.1) is 0 Å². The van der Waals surface area contributed by atoms with E-state index in [1.807, 2.05) is 11.9 Å². The van der Waals surface area contributed by atoms with E-state index in [-0.39, 0.29) is 0 Å². The molecule has 1 unspecified atom stereocenters. The first-order valence-electron chi connectivity index (χ1n) is 6.76.